The maximum absolute atomic E-state index is 12.7. The second kappa shape index (κ2) is 8.98. The fourth-order valence-electron chi connectivity index (χ4n) is 2.75. The van der Waals surface area contributed by atoms with Crippen molar-refractivity contribution in [3.8, 4) is 5.75 Å². The van der Waals surface area contributed by atoms with E-state index < -0.39 is 0 Å². The molecule has 6 heteroatoms. The Labute approximate surface area is 158 Å². The zero-order valence-electron chi connectivity index (χ0n) is 15.4. The van der Waals surface area contributed by atoms with Gasteiger partial charge in [0.2, 0.25) is 5.91 Å². The van der Waals surface area contributed by atoms with Gasteiger partial charge in [0, 0.05) is 12.8 Å². The van der Waals surface area contributed by atoms with Crippen molar-refractivity contribution in [2.24, 2.45) is 5.10 Å². The number of ether oxygens (including phenoxy) is 1. The number of nitrogens with one attached hydrogen (secondary N) is 1. The van der Waals surface area contributed by atoms with E-state index in [0.29, 0.717) is 36.7 Å². The molecule has 0 aliphatic carbocycles. The number of hydrogen-bond acceptors (Lipinski definition) is 4. The number of para-hydroxylation sites is 2. The van der Waals surface area contributed by atoms with Crippen LogP contribution in [0.3, 0.4) is 0 Å². The van der Waals surface area contributed by atoms with Crippen LogP contribution >= 0.6 is 0 Å². The van der Waals surface area contributed by atoms with Gasteiger partial charge in [-0.2, -0.15) is 5.10 Å². The number of hydrogen-bond donors (Lipinski definition) is 1. The van der Waals surface area contributed by atoms with Crippen LogP contribution in [0.1, 0.15) is 31.7 Å². The van der Waals surface area contributed by atoms with Gasteiger partial charge in [0.25, 0.3) is 5.91 Å². The van der Waals surface area contributed by atoms with Crippen LogP contribution in [0.2, 0.25) is 0 Å². The Bertz CT molecular complexity index is 834. The van der Waals surface area contributed by atoms with Crippen molar-refractivity contribution in [1.29, 1.82) is 0 Å². The Morgan fingerprint density at radius 3 is 2.63 bits per heavy atom. The maximum atomic E-state index is 12.7. The maximum Gasteiger partial charge on any atom is 0.271 e. The van der Waals surface area contributed by atoms with Crippen LogP contribution in [0.5, 0.6) is 5.75 Å². The second-order valence-electron chi connectivity index (χ2n) is 6.28. The van der Waals surface area contributed by atoms with Crippen LogP contribution < -0.4 is 10.1 Å². The number of rotatable bonds is 7. The van der Waals surface area contributed by atoms with Gasteiger partial charge < -0.3 is 10.1 Å². The molecule has 0 saturated carbocycles. The lowest BCUT2D eigenvalue weighted by Gasteiger charge is -2.23. The Kier molecular flexibility index (Phi) is 6.20. The molecule has 0 radical (unpaired) electrons. The second-order valence-corrected chi connectivity index (χ2v) is 6.28. The molecule has 2 aromatic rings. The van der Waals surface area contributed by atoms with E-state index in [-0.39, 0.29) is 18.2 Å². The number of carbonyl (C=O) groups is 2. The Balaban J connectivity index is 1.72. The molecule has 0 spiro atoms. The third-order valence-corrected chi connectivity index (χ3v) is 4.14. The lowest BCUT2D eigenvalue weighted by atomic mass is 10.1. The van der Waals surface area contributed by atoms with Gasteiger partial charge in [0.05, 0.1) is 18.8 Å². The third-order valence-electron chi connectivity index (χ3n) is 4.14. The molecule has 0 bridgehead atoms. The Morgan fingerprint density at radius 2 is 1.85 bits per heavy atom. The van der Waals surface area contributed by atoms with Crippen molar-refractivity contribution in [1.82, 2.24) is 5.01 Å². The van der Waals surface area contributed by atoms with Gasteiger partial charge in [-0.1, -0.05) is 49.4 Å². The summed E-state index contributed by atoms with van der Waals surface area (Å²) in [6.45, 7) is 2.95. The lowest BCUT2D eigenvalue weighted by molar-refractivity contribution is -0.132. The predicted molar refractivity (Wildman–Crippen MR) is 105 cm³/mol. The molecule has 140 valence electrons. The summed E-state index contributed by atoms with van der Waals surface area (Å²) in [5, 5.41) is 8.52. The largest absolute Gasteiger partial charge is 0.491 e. The molecule has 0 saturated heterocycles. The first-order valence-electron chi connectivity index (χ1n) is 9.12. The van der Waals surface area contributed by atoms with E-state index in [1.165, 1.54) is 5.01 Å². The summed E-state index contributed by atoms with van der Waals surface area (Å²) in [4.78, 5) is 24.8. The zero-order valence-corrected chi connectivity index (χ0v) is 15.4. The number of carbonyl (C=O) groups excluding carboxylic acids is 2. The van der Waals surface area contributed by atoms with Gasteiger partial charge in [0.1, 0.15) is 11.5 Å². The normalized spacial score (nSPS) is 13.9. The summed E-state index contributed by atoms with van der Waals surface area (Å²) < 4.78 is 5.67. The molecule has 0 fully saturated rings. The fourth-order valence-corrected chi connectivity index (χ4v) is 2.75. The van der Waals surface area contributed by atoms with Crippen LogP contribution in [0.15, 0.2) is 59.7 Å². The van der Waals surface area contributed by atoms with Gasteiger partial charge >= 0.3 is 0 Å². The molecule has 27 heavy (non-hydrogen) atoms. The quantitative estimate of drug-likeness (QED) is 0.815. The molecule has 1 aliphatic rings. The molecule has 2 aromatic carbocycles. The highest BCUT2D eigenvalue weighted by atomic mass is 16.5. The van der Waals surface area contributed by atoms with Crippen molar-refractivity contribution < 1.29 is 14.3 Å². The molecule has 1 N–H and O–H groups in total. The Morgan fingerprint density at radius 1 is 1.11 bits per heavy atom. The average Bonchev–Trinajstić information content (AvgIpc) is 2.69. The average molecular weight is 365 g/mol. The number of benzene rings is 2. The first-order chi connectivity index (χ1) is 13.2. The van der Waals surface area contributed by atoms with E-state index in [1.54, 1.807) is 6.07 Å². The number of nitrogens with zero attached hydrogens (tertiary/aromatic N) is 2. The van der Waals surface area contributed by atoms with E-state index in [9.17, 15) is 9.59 Å². The first-order valence-corrected chi connectivity index (χ1v) is 9.12. The van der Waals surface area contributed by atoms with Crippen molar-refractivity contribution in [3.63, 3.8) is 0 Å². The summed E-state index contributed by atoms with van der Waals surface area (Å²) in [5.41, 5.74) is 1.91. The number of anilines is 1. The molecule has 1 heterocycles. The highest BCUT2D eigenvalue weighted by Crippen LogP contribution is 2.24. The Hall–Kier alpha value is -3.15. The van der Waals surface area contributed by atoms with E-state index in [4.69, 9.17) is 4.74 Å². The van der Waals surface area contributed by atoms with Gasteiger partial charge in [-0.25, -0.2) is 5.01 Å². The highest BCUT2D eigenvalue weighted by molar-refractivity contribution is 6.43. The van der Waals surface area contributed by atoms with Gasteiger partial charge in [-0.05, 0) is 24.1 Å². The molecule has 0 unspecified atom stereocenters. The standard InChI is InChI=1S/C21H23N3O3/c1-2-14-27-19-11-7-6-10-17(19)22-21(26)18-12-13-20(25)24(23-18)15-16-8-4-3-5-9-16/h3-11H,2,12-15H2,1H3,(H,22,26). The minimum Gasteiger partial charge on any atom is -0.491 e. The minimum atomic E-state index is -0.312. The molecule has 0 aromatic heterocycles. The number of hydrazone groups is 1. The van der Waals surface area contributed by atoms with Crippen molar-refractivity contribution in [2.45, 2.75) is 32.7 Å². The summed E-state index contributed by atoms with van der Waals surface area (Å²) in [7, 11) is 0. The summed E-state index contributed by atoms with van der Waals surface area (Å²) in [6.07, 6.45) is 1.48. The van der Waals surface area contributed by atoms with Gasteiger partial charge in [-0.15, -0.1) is 0 Å². The number of amides is 2. The monoisotopic (exact) mass is 365 g/mol. The molecular weight excluding hydrogens is 342 g/mol. The summed E-state index contributed by atoms with van der Waals surface area (Å²) in [6, 6.07) is 16.9. The van der Waals surface area contributed by atoms with Gasteiger partial charge in [-0.3, -0.25) is 9.59 Å². The van der Waals surface area contributed by atoms with E-state index in [1.807, 2.05) is 55.5 Å². The molecule has 2 amide bonds. The van der Waals surface area contributed by atoms with Gasteiger partial charge in [0.15, 0.2) is 0 Å². The smallest absolute Gasteiger partial charge is 0.271 e. The van der Waals surface area contributed by atoms with Crippen molar-refractivity contribution >= 4 is 23.2 Å². The highest BCUT2D eigenvalue weighted by Gasteiger charge is 2.25. The van der Waals surface area contributed by atoms with Crippen LogP contribution in [-0.2, 0) is 16.1 Å². The SMILES string of the molecule is CCCOc1ccccc1NC(=O)C1=NN(Cc2ccccc2)C(=O)CC1. The zero-order chi connectivity index (χ0) is 19.1. The molecule has 1 aliphatic heterocycles. The van der Waals surface area contributed by atoms with Crippen molar-refractivity contribution in [2.75, 3.05) is 11.9 Å². The topological polar surface area (TPSA) is 71.0 Å². The van der Waals surface area contributed by atoms with Crippen LogP contribution in [0.4, 0.5) is 5.69 Å². The summed E-state index contributed by atoms with van der Waals surface area (Å²) in [5.74, 6) is 0.233. The fraction of sp³-hybridized carbons (Fsp3) is 0.286. The third kappa shape index (κ3) is 4.94. The van der Waals surface area contributed by atoms with E-state index >= 15 is 0 Å². The molecule has 3 rings (SSSR count). The predicted octanol–water partition coefficient (Wildman–Crippen LogP) is 3.59. The molecule has 6 nitrogen and oxygen atoms in total. The molecule has 0 atom stereocenters. The van der Waals surface area contributed by atoms with Crippen LogP contribution in [0.25, 0.3) is 0 Å². The molecular formula is C21H23N3O3. The van der Waals surface area contributed by atoms with Crippen LogP contribution in [-0.4, -0.2) is 29.1 Å². The van der Waals surface area contributed by atoms with Crippen LogP contribution in [0, 0.1) is 0 Å². The summed E-state index contributed by atoms with van der Waals surface area (Å²) >= 11 is 0. The van der Waals surface area contributed by atoms with E-state index in [0.717, 1.165) is 12.0 Å². The minimum absolute atomic E-state index is 0.0814. The van der Waals surface area contributed by atoms with E-state index in [2.05, 4.69) is 10.4 Å². The lowest BCUT2D eigenvalue weighted by Crippen LogP contribution is -2.36. The van der Waals surface area contributed by atoms with Crippen molar-refractivity contribution in [3.05, 3.63) is 60.2 Å². The first kappa shape index (κ1) is 18.6.